The van der Waals surface area contributed by atoms with Gasteiger partial charge in [-0.05, 0) is 61.7 Å². The van der Waals surface area contributed by atoms with Crippen molar-refractivity contribution in [3.8, 4) is 11.4 Å². The number of aromatic nitrogens is 2. The molecule has 0 aliphatic rings. The molecule has 0 saturated carbocycles. The molecule has 0 aliphatic carbocycles. The summed E-state index contributed by atoms with van der Waals surface area (Å²) in [6.07, 6.45) is 5.24. The number of phenolic OH excluding ortho intramolecular Hbond substituents is 1. The van der Waals surface area contributed by atoms with Crippen molar-refractivity contribution in [2.75, 3.05) is 0 Å². The number of amides is 2. The lowest BCUT2D eigenvalue weighted by Gasteiger charge is -2.14. The second-order valence-electron chi connectivity index (χ2n) is 6.70. The Morgan fingerprint density at radius 1 is 1.14 bits per heavy atom. The lowest BCUT2D eigenvalue weighted by Crippen LogP contribution is -2.40. The molecule has 146 valence electrons. The van der Waals surface area contributed by atoms with Crippen LogP contribution >= 0.6 is 11.6 Å². The molecule has 0 radical (unpaired) electrons. The van der Waals surface area contributed by atoms with Gasteiger partial charge in [-0.25, -0.2) is 9.48 Å². The number of halogens is 1. The zero-order valence-electron chi connectivity index (χ0n) is 15.6. The highest BCUT2D eigenvalue weighted by atomic mass is 35.5. The van der Waals surface area contributed by atoms with Crippen molar-refractivity contribution in [2.45, 2.75) is 32.4 Å². The first-order chi connectivity index (χ1) is 13.5. The second-order valence-corrected chi connectivity index (χ2v) is 7.14. The van der Waals surface area contributed by atoms with E-state index in [1.54, 1.807) is 23.0 Å². The van der Waals surface area contributed by atoms with E-state index in [9.17, 15) is 9.90 Å². The highest BCUT2D eigenvalue weighted by Gasteiger charge is 2.08. The molecule has 0 spiro atoms. The molecule has 3 aromatic rings. The summed E-state index contributed by atoms with van der Waals surface area (Å²) in [5, 5.41) is 20.1. The lowest BCUT2D eigenvalue weighted by molar-refractivity contribution is 0.237. The zero-order valence-corrected chi connectivity index (χ0v) is 16.4. The summed E-state index contributed by atoms with van der Waals surface area (Å²) in [6, 6.07) is 14.3. The second kappa shape index (κ2) is 9.28. The van der Waals surface area contributed by atoms with Crippen molar-refractivity contribution >= 4 is 17.6 Å². The number of hydrogen-bond donors (Lipinski definition) is 3. The molecule has 7 heteroatoms. The minimum atomic E-state index is -0.211. The van der Waals surface area contributed by atoms with Crippen LogP contribution in [0, 0.1) is 0 Å². The number of phenols is 1. The third-order valence-corrected chi connectivity index (χ3v) is 4.61. The molecular formula is C21H23ClN4O2. The largest absolute Gasteiger partial charge is 0.508 e. The molecular weight excluding hydrogens is 376 g/mol. The van der Waals surface area contributed by atoms with Gasteiger partial charge in [0.2, 0.25) is 0 Å². The zero-order chi connectivity index (χ0) is 19.9. The van der Waals surface area contributed by atoms with Crippen LogP contribution in [0.25, 0.3) is 5.69 Å². The van der Waals surface area contributed by atoms with E-state index in [-0.39, 0.29) is 17.8 Å². The highest BCUT2D eigenvalue weighted by molar-refractivity contribution is 6.30. The number of carbonyl (C=O) groups excluding carboxylic acids is 1. The molecule has 1 unspecified atom stereocenters. The predicted molar refractivity (Wildman–Crippen MR) is 110 cm³/mol. The Balaban J connectivity index is 1.42. The van der Waals surface area contributed by atoms with Crippen LogP contribution in [0.1, 0.15) is 24.5 Å². The monoisotopic (exact) mass is 398 g/mol. The molecule has 3 rings (SSSR count). The summed E-state index contributed by atoms with van der Waals surface area (Å²) >= 11 is 5.90. The molecule has 2 aromatic carbocycles. The Bertz CT molecular complexity index is 907. The fourth-order valence-corrected chi connectivity index (χ4v) is 2.89. The Kier molecular flexibility index (Phi) is 6.55. The molecule has 6 nitrogen and oxygen atoms in total. The Morgan fingerprint density at radius 2 is 1.86 bits per heavy atom. The normalized spacial score (nSPS) is 11.8. The topological polar surface area (TPSA) is 79.2 Å². The molecule has 1 atom stereocenters. The van der Waals surface area contributed by atoms with Crippen LogP contribution in [-0.2, 0) is 13.0 Å². The number of hydrogen-bond acceptors (Lipinski definition) is 3. The maximum absolute atomic E-state index is 12.1. The van der Waals surface area contributed by atoms with E-state index in [2.05, 4.69) is 15.7 Å². The lowest BCUT2D eigenvalue weighted by atomic mass is 10.1. The van der Waals surface area contributed by atoms with E-state index in [1.807, 2.05) is 49.5 Å². The predicted octanol–water partition coefficient (Wildman–Crippen LogP) is 4.05. The fourth-order valence-electron chi connectivity index (χ4n) is 2.76. The van der Waals surface area contributed by atoms with Crippen LogP contribution in [-0.4, -0.2) is 27.0 Å². The van der Waals surface area contributed by atoms with Gasteiger partial charge in [-0.1, -0.05) is 23.7 Å². The van der Waals surface area contributed by atoms with E-state index in [0.29, 0.717) is 11.6 Å². The maximum atomic E-state index is 12.1. The van der Waals surface area contributed by atoms with Gasteiger partial charge in [0.15, 0.2) is 0 Å². The molecule has 0 fully saturated rings. The van der Waals surface area contributed by atoms with Crippen LogP contribution in [0.4, 0.5) is 4.79 Å². The third-order valence-electron chi connectivity index (χ3n) is 4.36. The van der Waals surface area contributed by atoms with E-state index in [0.717, 1.165) is 29.7 Å². The van der Waals surface area contributed by atoms with Gasteiger partial charge in [-0.3, -0.25) is 0 Å². The van der Waals surface area contributed by atoms with Crippen LogP contribution < -0.4 is 10.6 Å². The summed E-state index contributed by atoms with van der Waals surface area (Å²) in [4.78, 5) is 12.1. The van der Waals surface area contributed by atoms with Gasteiger partial charge in [-0.15, -0.1) is 0 Å². The number of urea groups is 1. The molecule has 1 heterocycles. The average Bonchev–Trinajstić information content (AvgIpc) is 3.15. The fraction of sp³-hybridized carbons (Fsp3) is 0.238. The van der Waals surface area contributed by atoms with E-state index >= 15 is 0 Å². The standard InChI is InChI=1S/C21H23ClN4O2/c1-15(2-3-16-4-10-20(27)11-5-16)25-21(28)23-12-17-13-24-26(14-17)19-8-6-18(22)7-9-19/h4-11,13-15,27H,2-3,12H2,1H3,(H2,23,25,28). The molecule has 3 N–H and O–H groups in total. The molecule has 0 saturated heterocycles. The van der Waals surface area contributed by atoms with Gasteiger partial charge < -0.3 is 15.7 Å². The number of benzene rings is 2. The van der Waals surface area contributed by atoms with Crippen molar-refractivity contribution in [3.63, 3.8) is 0 Å². The quantitative estimate of drug-likeness (QED) is 0.561. The summed E-state index contributed by atoms with van der Waals surface area (Å²) in [5.74, 6) is 0.258. The summed E-state index contributed by atoms with van der Waals surface area (Å²) in [5.41, 5.74) is 2.94. The Hall–Kier alpha value is -2.99. The molecule has 1 aromatic heterocycles. The van der Waals surface area contributed by atoms with Crippen molar-refractivity contribution < 1.29 is 9.90 Å². The van der Waals surface area contributed by atoms with E-state index in [1.165, 1.54) is 0 Å². The van der Waals surface area contributed by atoms with Gasteiger partial charge in [0, 0.05) is 29.4 Å². The third kappa shape index (κ3) is 5.76. The van der Waals surface area contributed by atoms with Gasteiger partial charge in [0.25, 0.3) is 0 Å². The van der Waals surface area contributed by atoms with Crippen molar-refractivity contribution in [3.05, 3.63) is 77.1 Å². The number of carbonyl (C=O) groups is 1. The van der Waals surface area contributed by atoms with Crippen LogP contribution in [0.3, 0.4) is 0 Å². The van der Waals surface area contributed by atoms with Gasteiger partial charge in [-0.2, -0.15) is 5.10 Å². The maximum Gasteiger partial charge on any atom is 0.315 e. The van der Waals surface area contributed by atoms with E-state index in [4.69, 9.17) is 11.6 Å². The van der Waals surface area contributed by atoms with Crippen molar-refractivity contribution in [2.24, 2.45) is 0 Å². The van der Waals surface area contributed by atoms with Crippen LogP contribution in [0.2, 0.25) is 5.02 Å². The van der Waals surface area contributed by atoms with Crippen LogP contribution in [0.5, 0.6) is 5.75 Å². The average molecular weight is 399 g/mol. The first-order valence-corrected chi connectivity index (χ1v) is 9.49. The first-order valence-electron chi connectivity index (χ1n) is 9.11. The van der Waals surface area contributed by atoms with E-state index < -0.39 is 0 Å². The Labute approximate surface area is 169 Å². The number of nitrogens with zero attached hydrogens (tertiary/aromatic N) is 2. The highest BCUT2D eigenvalue weighted by Crippen LogP contribution is 2.14. The SMILES string of the molecule is CC(CCc1ccc(O)cc1)NC(=O)NCc1cnn(-c2ccc(Cl)cc2)c1. The molecule has 0 aliphatic heterocycles. The smallest absolute Gasteiger partial charge is 0.315 e. The number of aromatic hydroxyl groups is 1. The number of aryl methyl sites for hydroxylation is 1. The van der Waals surface area contributed by atoms with Gasteiger partial charge in [0.1, 0.15) is 5.75 Å². The summed E-state index contributed by atoms with van der Waals surface area (Å²) in [6.45, 7) is 2.36. The minimum Gasteiger partial charge on any atom is -0.508 e. The molecule has 0 bridgehead atoms. The number of nitrogens with one attached hydrogen (secondary N) is 2. The van der Waals surface area contributed by atoms with Gasteiger partial charge >= 0.3 is 6.03 Å². The summed E-state index contributed by atoms with van der Waals surface area (Å²) in [7, 11) is 0. The first kappa shape index (κ1) is 19.8. The molecule has 28 heavy (non-hydrogen) atoms. The number of rotatable bonds is 7. The van der Waals surface area contributed by atoms with Crippen molar-refractivity contribution in [1.82, 2.24) is 20.4 Å². The minimum absolute atomic E-state index is 0.0330. The Morgan fingerprint density at radius 3 is 2.57 bits per heavy atom. The molecule has 2 amide bonds. The van der Waals surface area contributed by atoms with Gasteiger partial charge in [0.05, 0.1) is 11.9 Å². The van der Waals surface area contributed by atoms with Crippen molar-refractivity contribution in [1.29, 1.82) is 0 Å². The summed E-state index contributed by atoms with van der Waals surface area (Å²) < 4.78 is 1.74. The van der Waals surface area contributed by atoms with Crippen LogP contribution in [0.15, 0.2) is 60.9 Å².